The summed E-state index contributed by atoms with van der Waals surface area (Å²) < 4.78 is 43.2. The number of benzene rings is 3. The molecule has 232 valence electrons. The lowest BCUT2D eigenvalue weighted by Crippen LogP contribution is -2.43. The molecular formula is C34H43BrO7Si. The van der Waals surface area contributed by atoms with E-state index in [0.717, 1.165) is 33.3 Å². The van der Waals surface area contributed by atoms with E-state index in [0.29, 0.717) is 35.4 Å². The molecule has 0 radical (unpaired) electrons. The summed E-state index contributed by atoms with van der Waals surface area (Å²) in [4.78, 5) is 0. The monoisotopic (exact) mass is 670 g/mol. The summed E-state index contributed by atoms with van der Waals surface area (Å²) in [6, 6.07) is 16.3. The summed E-state index contributed by atoms with van der Waals surface area (Å²) in [7, 11) is -0.532. The Bertz CT molecular complexity index is 1440. The topological polar surface area (TPSA) is 64.6 Å². The first-order valence-corrected chi connectivity index (χ1v) is 18.5. The fourth-order valence-electron chi connectivity index (χ4n) is 5.19. The van der Waals surface area contributed by atoms with E-state index in [1.54, 1.807) is 7.11 Å². The molecule has 0 saturated carbocycles. The molecule has 3 atom stereocenters. The molecule has 2 aliphatic rings. The SMILES string of the molecule is COc1c(Br)c([C@@H](O[Si](C)(C)C(C)(C)C)[C@@H](C)[C@@H](C)Cc2cc3c(c(OCc4ccccc4)c2)OCO3)cc2c1OCO2. The van der Waals surface area contributed by atoms with Crippen molar-refractivity contribution in [1.82, 2.24) is 0 Å². The van der Waals surface area contributed by atoms with Crippen LogP contribution in [0, 0.1) is 11.8 Å². The van der Waals surface area contributed by atoms with E-state index in [1.165, 1.54) is 0 Å². The fourth-order valence-corrected chi connectivity index (χ4v) is 7.21. The molecule has 0 saturated heterocycles. The molecule has 0 bridgehead atoms. The van der Waals surface area contributed by atoms with Crippen LogP contribution in [0.15, 0.2) is 53.0 Å². The van der Waals surface area contributed by atoms with E-state index in [-0.39, 0.29) is 36.6 Å². The van der Waals surface area contributed by atoms with Crippen LogP contribution in [0.25, 0.3) is 0 Å². The molecule has 7 nitrogen and oxygen atoms in total. The Morgan fingerprint density at radius 1 is 0.884 bits per heavy atom. The second-order valence-corrected chi connectivity index (χ2v) is 18.5. The molecule has 43 heavy (non-hydrogen) atoms. The summed E-state index contributed by atoms with van der Waals surface area (Å²) in [5, 5.41) is 0.0312. The van der Waals surface area contributed by atoms with E-state index in [1.807, 2.05) is 24.3 Å². The third kappa shape index (κ3) is 6.64. The van der Waals surface area contributed by atoms with Gasteiger partial charge >= 0.3 is 0 Å². The summed E-state index contributed by atoms with van der Waals surface area (Å²) in [6.45, 7) is 16.7. The van der Waals surface area contributed by atoms with Crippen molar-refractivity contribution >= 4 is 24.2 Å². The van der Waals surface area contributed by atoms with Crippen LogP contribution in [0.3, 0.4) is 0 Å². The van der Waals surface area contributed by atoms with E-state index in [4.69, 9.17) is 32.8 Å². The van der Waals surface area contributed by atoms with Gasteiger partial charge in [0.1, 0.15) is 6.61 Å². The van der Waals surface area contributed by atoms with Crippen molar-refractivity contribution in [1.29, 1.82) is 0 Å². The van der Waals surface area contributed by atoms with Crippen LogP contribution < -0.4 is 28.4 Å². The van der Waals surface area contributed by atoms with Gasteiger partial charge in [-0.05, 0) is 81.6 Å². The molecule has 3 aromatic carbocycles. The summed E-state index contributed by atoms with van der Waals surface area (Å²) in [6.07, 6.45) is 0.590. The predicted octanol–water partition coefficient (Wildman–Crippen LogP) is 9.07. The van der Waals surface area contributed by atoms with Gasteiger partial charge in [-0.1, -0.05) is 65.0 Å². The Hall–Kier alpha value is -2.88. The minimum absolute atomic E-state index is 0.0312. The fraction of sp³-hybridized carbons (Fsp3) is 0.471. The minimum atomic E-state index is -2.18. The molecule has 0 aliphatic carbocycles. The van der Waals surface area contributed by atoms with Gasteiger partial charge in [0.15, 0.2) is 31.3 Å². The van der Waals surface area contributed by atoms with Crippen LogP contribution in [-0.2, 0) is 17.5 Å². The molecule has 0 unspecified atom stereocenters. The van der Waals surface area contributed by atoms with E-state index in [9.17, 15) is 0 Å². The number of halogens is 1. The summed E-state index contributed by atoms with van der Waals surface area (Å²) >= 11 is 3.85. The standard InChI is InChI=1S/C34H43BrO7Si/c1-21(14-24-15-26(31-27(16-24)38-19-40-31)37-18-23-12-10-9-11-13-23)22(2)30(42-43(7,8)34(3,4)5)25-17-28-32(41-20-39-28)33(36-6)29(25)35/h9-13,15-17,21-22,30H,14,18-20H2,1-8H3/t21-,22-,30-/m0/s1. The number of ether oxygens (including phenoxy) is 6. The lowest BCUT2D eigenvalue weighted by atomic mass is 9.83. The summed E-state index contributed by atoms with van der Waals surface area (Å²) in [5.41, 5.74) is 3.22. The normalized spacial score (nSPS) is 16.1. The van der Waals surface area contributed by atoms with Gasteiger partial charge in [0.05, 0.1) is 17.7 Å². The van der Waals surface area contributed by atoms with Crippen molar-refractivity contribution in [3.63, 3.8) is 0 Å². The van der Waals surface area contributed by atoms with Crippen molar-refractivity contribution in [2.24, 2.45) is 11.8 Å². The van der Waals surface area contributed by atoms with Crippen LogP contribution in [0.4, 0.5) is 0 Å². The van der Waals surface area contributed by atoms with Crippen LogP contribution in [-0.4, -0.2) is 29.0 Å². The smallest absolute Gasteiger partial charge is 0.231 e. The maximum atomic E-state index is 7.22. The van der Waals surface area contributed by atoms with Crippen LogP contribution >= 0.6 is 15.9 Å². The van der Waals surface area contributed by atoms with Gasteiger partial charge in [-0.3, -0.25) is 0 Å². The van der Waals surface area contributed by atoms with E-state index in [2.05, 4.69) is 87.9 Å². The van der Waals surface area contributed by atoms with Gasteiger partial charge in [-0.15, -0.1) is 0 Å². The van der Waals surface area contributed by atoms with Gasteiger partial charge in [-0.2, -0.15) is 0 Å². The highest BCUT2D eigenvalue weighted by atomic mass is 79.9. The van der Waals surface area contributed by atoms with Crippen LogP contribution in [0.1, 0.15) is 57.4 Å². The minimum Gasteiger partial charge on any atom is -0.492 e. The Morgan fingerprint density at radius 2 is 1.53 bits per heavy atom. The number of methoxy groups -OCH3 is 1. The highest BCUT2D eigenvalue weighted by Gasteiger charge is 2.42. The zero-order valence-corrected chi connectivity index (χ0v) is 29.0. The molecule has 5 rings (SSSR count). The van der Waals surface area contributed by atoms with Gasteiger partial charge in [0, 0.05) is 5.56 Å². The van der Waals surface area contributed by atoms with Crippen LogP contribution in [0.5, 0.6) is 34.5 Å². The van der Waals surface area contributed by atoms with E-state index < -0.39 is 8.32 Å². The Morgan fingerprint density at radius 3 is 2.19 bits per heavy atom. The average molecular weight is 672 g/mol. The second-order valence-electron chi connectivity index (χ2n) is 13.0. The van der Waals surface area contributed by atoms with Crippen molar-refractivity contribution in [3.05, 3.63) is 69.7 Å². The number of hydrogen-bond acceptors (Lipinski definition) is 7. The molecule has 0 N–H and O–H groups in total. The number of hydrogen-bond donors (Lipinski definition) is 0. The third-order valence-corrected chi connectivity index (χ3v) is 14.3. The van der Waals surface area contributed by atoms with Crippen molar-refractivity contribution in [3.8, 4) is 34.5 Å². The van der Waals surface area contributed by atoms with Crippen LogP contribution in [0.2, 0.25) is 18.1 Å². The largest absolute Gasteiger partial charge is 0.492 e. The molecular weight excluding hydrogens is 628 g/mol. The Balaban J connectivity index is 1.45. The highest BCUT2D eigenvalue weighted by molar-refractivity contribution is 9.10. The van der Waals surface area contributed by atoms with Crippen molar-refractivity contribution in [2.75, 3.05) is 20.7 Å². The van der Waals surface area contributed by atoms with Gasteiger partial charge < -0.3 is 32.8 Å². The quantitative estimate of drug-likeness (QED) is 0.189. The molecule has 0 amide bonds. The Labute approximate surface area is 265 Å². The second kappa shape index (κ2) is 12.6. The molecule has 0 spiro atoms. The molecule has 0 aromatic heterocycles. The third-order valence-electron chi connectivity index (χ3n) is 8.99. The first-order chi connectivity index (χ1) is 20.4. The molecule has 3 aromatic rings. The Kier molecular flexibility index (Phi) is 9.25. The lowest BCUT2D eigenvalue weighted by Gasteiger charge is -2.42. The predicted molar refractivity (Wildman–Crippen MR) is 173 cm³/mol. The van der Waals surface area contributed by atoms with E-state index >= 15 is 0 Å². The summed E-state index contributed by atoms with van der Waals surface area (Å²) in [5.74, 6) is 4.38. The molecule has 2 aliphatic heterocycles. The first kappa shape index (κ1) is 31.5. The van der Waals surface area contributed by atoms with Gasteiger partial charge in [0.2, 0.25) is 25.1 Å². The lowest BCUT2D eigenvalue weighted by molar-refractivity contribution is 0.0950. The molecule has 9 heteroatoms. The zero-order chi connectivity index (χ0) is 30.9. The number of rotatable bonds is 11. The maximum absolute atomic E-state index is 7.22. The molecule has 0 fully saturated rings. The van der Waals surface area contributed by atoms with Crippen molar-refractivity contribution < 1.29 is 32.8 Å². The van der Waals surface area contributed by atoms with Crippen molar-refractivity contribution in [2.45, 2.75) is 71.9 Å². The van der Waals surface area contributed by atoms with Gasteiger partial charge in [0.25, 0.3) is 0 Å². The van der Waals surface area contributed by atoms with Gasteiger partial charge in [-0.25, -0.2) is 0 Å². The molecule has 2 heterocycles. The average Bonchev–Trinajstić information content (AvgIpc) is 3.64. The zero-order valence-electron chi connectivity index (χ0n) is 26.4. The maximum Gasteiger partial charge on any atom is 0.231 e. The highest BCUT2D eigenvalue weighted by Crippen LogP contribution is 2.53. The number of fused-ring (bicyclic) bond motifs is 2. The first-order valence-electron chi connectivity index (χ1n) is 14.8.